The van der Waals surface area contributed by atoms with Crippen molar-refractivity contribution in [2.24, 2.45) is 0 Å². The van der Waals surface area contributed by atoms with Crippen LogP contribution < -0.4 is 10.1 Å². The third-order valence-electron chi connectivity index (χ3n) is 4.13. The van der Waals surface area contributed by atoms with Crippen molar-refractivity contribution in [3.05, 3.63) is 82.1 Å². The molecule has 1 amide bonds. The number of methoxy groups -OCH3 is 1. The lowest BCUT2D eigenvalue weighted by molar-refractivity contribution is -0.142. The number of hydrogen-bond donors (Lipinski definition) is 1. The van der Waals surface area contributed by atoms with Crippen molar-refractivity contribution in [1.82, 2.24) is 15.3 Å². The summed E-state index contributed by atoms with van der Waals surface area (Å²) in [4.78, 5) is 32.7. The van der Waals surface area contributed by atoms with E-state index in [1.54, 1.807) is 48.8 Å². The summed E-state index contributed by atoms with van der Waals surface area (Å²) in [6.45, 7) is 0. The van der Waals surface area contributed by atoms with Gasteiger partial charge in [0.25, 0.3) is 5.91 Å². The average molecular weight is 470 g/mol. The van der Waals surface area contributed by atoms with Gasteiger partial charge in [-0.05, 0) is 42.5 Å². The van der Waals surface area contributed by atoms with Gasteiger partial charge >= 0.3 is 12.0 Å². The summed E-state index contributed by atoms with van der Waals surface area (Å²) in [5, 5.41) is 2.92. The van der Waals surface area contributed by atoms with Gasteiger partial charge in [-0.15, -0.1) is 0 Å². The second-order valence-corrected chi connectivity index (χ2v) is 7.12. The van der Waals surface area contributed by atoms with Gasteiger partial charge in [-0.3, -0.25) is 4.79 Å². The highest BCUT2D eigenvalue weighted by Gasteiger charge is 2.23. The predicted octanol–water partition coefficient (Wildman–Crippen LogP) is 4.29. The third-order valence-corrected chi connectivity index (χ3v) is 4.76. The summed E-state index contributed by atoms with van der Waals surface area (Å²) in [7, 11) is 1.23. The van der Waals surface area contributed by atoms with E-state index in [2.05, 4.69) is 27.1 Å². The third kappa shape index (κ3) is 6.20. The molecule has 0 radical (unpaired) electrons. The fourth-order valence-electron chi connectivity index (χ4n) is 2.59. The molecule has 3 aromatic rings. The van der Waals surface area contributed by atoms with E-state index >= 15 is 0 Å². The number of halogens is 2. The van der Waals surface area contributed by atoms with Crippen LogP contribution in [0.1, 0.15) is 22.3 Å². The zero-order valence-corrected chi connectivity index (χ0v) is 18.4. The lowest BCUT2D eigenvalue weighted by Gasteiger charge is -2.15. The van der Waals surface area contributed by atoms with Crippen LogP contribution in [0.15, 0.2) is 60.9 Å². The lowest BCUT2D eigenvalue weighted by Crippen LogP contribution is -2.41. The van der Waals surface area contributed by atoms with Gasteiger partial charge in [0, 0.05) is 24.4 Å². The molecule has 0 aliphatic heterocycles. The summed E-state index contributed by atoms with van der Waals surface area (Å²) in [6, 6.07) is 12.6. The van der Waals surface area contributed by atoms with Gasteiger partial charge in [-0.1, -0.05) is 41.1 Å². The van der Waals surface area contributed by atoms with Crippen molar-refractivity contribution >= 4 is 35.1 Å². The van der Waals surface area contributed by atoms with Gasteiger partial charge in [-0.2, -0.15) is 0 Å². The Balaban J connectivity index is 1.66. The number of aromatic nitrogens is 2. The zero-order valence-electron chi connectivity index (χ0n) is 16.8. The molecule has 2 aromatic carbocycles. The molecule has 32 heavy (non-hydrogen) atoms. The summed E-state index contributed by atoms with van der Waals surface area (Å²) < 4.78 is 10.3. The number of carbonyl (C=O) groups excluding carboxylic acids is 2. The smallest absolute Gasteiger partial charge is 0.329 e. The number of esters is 1. The SMILES string of the molecule is COC(=O)C(CC#Cc1ccc(Oc2ncccn2)cc1)NC(=O)c1c(Cl)cccc1Cl. The normalized spacial score (nSPS) is 11.0. The molecule has 3 rings (SSSR count). The molecule has 7 nitrogen and oxygen atoms in total. The molecular formula is C23H17Cl2N3O4. The molecule has 1 heterocycles. The molecule has 9 heteroatoms. The highest BCUT2D eigenvalue weighted by molar-refractivity contribution is 6.39. The quantitative estimate of drug-likeness (QED) is 0.427. The first-order valence-electron chi connectivity index (χ1n) is 9.34. The number of rotatable bonds is 6. The Morgan fingerprint density at radius 3 is 2.31 bits per heavy atom. The van der Waals surface area contributed by atoms with Crippen LogP contribution in [0.5, 0.6) is 11.8 Å². The van der Waals surface area contributed by atoms with Crippen LogP contribution in [0, 0.1) is 11.8 Å². The topological polar surface area (TPSA) is 90.4 Å². The summed E-state index contributed by atoms with van der Waals surface area (Å²) in [6.07, 6.45) is 3.19. The van der Waals surface area contributed by atoms with Gasteiger partial charge in [-0.25, -0.2) is 14.8 Å². The summed E-state index contributed by atoms with van der Waals surface area (Å²) >= 11 is 12.1. The molecule has 0 saturated heterocycles. The molecule has 0 bridgehead atoms. The van der Waals surface area contributed by atoms with E-state index in [0.29, 0.717) is 11.3 Å². The maximum absolute atomic E-state index is 12.6. The van der Waals surface area contributed by atoms with E-state index in [4.69, 9.17) is 32.7 Å². The monoisotopic (exact) mass is 469 g/mol. The van der Waals surface area contributed by atoms with Crippen LogP contribution in [-0.2, 0) is 9.53 Å². The lowest BCUT2D eigenvalue weighted by atomic mass is 10.1. The van der Waals surface area contributed by atoms with Crippen molar-refractivity contribution in [2.75, 3.05) is 7.11 Å². The van der Waals surface area contributed by atoms with Gasteiger partial charge in [0.2, 0.25) is 0 Å². The average Bonchev–Trinajstić information content (AvgIpc) is 2.79. The number of benzene rings is 2. The van der Waals surface area contributed by atoms with E-state index in [-0.39, 0.29) is 28.0 Å². The minimum atomic E-state index is -0.995. The maximum atomic E-state index is 12.6. The minimum absolute atomic E-state index is 0.0244. The van der Waals surface area contributed by atoms with E-state index < -0.39 is 17.9 Å². The van der Waals surface area contributed by atoms with Crippen LogP contribution in [0.4, 0.5) is 0 Å². The number of nitrogens with one attached hydrogen (secondary N) is 1. The Bertz CT molecular complexity index is 1140. The van der Waals surface area contributed by atoms with Crippen LogP contribution >= 0.6 is 23.2 Å². The highest BCUT2D eigenvalue weighted by Crippen LogP contribution is 2.24. The first kappa shape index (κ1) is 23.1. The van der Waals surface area contributed by atoms with E-state index in [0.717, 1.165) is 0 Å². The number of hydrogen-bond acceptors (Lipinski definition) is 6. The summed E-state index contributed by atoms with van der Waals surface area (Å²) in [5.74, 6) is 5.13. The molecule has 0 aliphatic rings. The molecule has 1 atom stereocenters. The van der Waals surface area contributed by atoms with Crippen molar-refractivity contribution in [3.63, 3.8) is 0 Å². The van der Waals surface area contributed by atoms with Crippen molar-refractivity contribution < 1.29 is 19.1 Å². The Hall–Kier alpha value is -3.60. The van der Waals surface area contributed by atoms with E-state index in [9.17, 15) is 9.59 Å². The van der Waals surface area contributed by atoms with E-state index in [1.165, 1.54) is 19.2 Å². The van der Waals surface area contributed by atoms with Crippen LogP contribution in [-0.4, -0.2) is 35.0 Å². The molecule has 162 valence electrons. The standard InChI is InChI=1S/C23H17Cl2N3O4/c1-31-22(30)19(28-21(29)20-17(24)6-3-7-18(20)25)8-2-5-15-9-11-16(12-10-15)32-23-26-13-4-14-27-23/h3-4,6-7,9-14,19H,8H2,1H3,(H,28,29). The minimum Gasteiger partial charge on any atom is -0.467 e. The Labute approximate surface area is 194 Å². The van der Waals surface area contributed by atoms with Gasteiger partial charge in [0.1, 0.15) is 11.8 Å². The van der Waals surface area contributed by atoms with Crippen LogP contribution in [0.25, 0.3) is 0 Å². The molecule has 0 saturated carbocycles. The Morgan fingerprint density at radius 2 is 1.69 bits per heavy atom. The largest absolute Gasteiger partial charge is 0.467 e. The first-order chi connectivity index (χ1) is 15.5. The second kappa shape index (κ2) is 11.1. The molecule has 1 aromatic heterocycles. The maximum Gasteiger partial charge on any atom is 0.329 e. The van der Waals surface area contributed by atoms with Crippen molar-refractivity contribution in [2.45, 2.75) is 12.5 Å². The zero-order chi connectivity index (χ0) is 22.9. The fourth-order valence-corrected chi connectivity index (χ4v) is 3.15. The van der Waals surface area contributed by atoms with Crippen molar-refractivity contribution in [1.29, 1.82) is 0 Å². The number of amides is 1. The van der Waals surface area contributed by atoms with Gasteiger partial charge in [0.15, 0.2) is 0 Å². The van der Waals surface area contributed by atoms with Crippen LogP contribution in [0.2, 0.25) is 10.0 Å². The second-order valence-electron chi connectivity index (χ2n) is 6.31. The molecule has 0 aliphatic carbocycles. The predicted molar refractivity (Wildman–Crippen MR) is 120 cm³/mol. The first-order valence-corrected chi connectivity index (χ1v) is 10.1. The molecular weight excluding hydrogens is 453 g/mol. The molecule has 0 spiro atoms. The Morgan fingerprint density at radius 1 is 1.03 bits per heavy atom. The number of ether oxygens (including phenoxy) is 2. The Kier molecular flexibility index (Phi) is 8.03. The molecule has 1 N–H and O–H groups in total. The highest BCUT2D eigenvalue weighted by atomic mass is 35.5. The van der Waals surface area contributed by atoms with Gasteiger partial charge < -0.3 is 14.8 Å². The summed E-state index contributed by atoms with van der Waals surface area (Å²) in [5.41, 5.74) is 0.770. The van der Waals surface area contributed by atoms with Gasteiger partial charge in [0.05, 0.1) is 22.7 Å². The number of nitrogens with zero attached hydrogens (tertiary/aromatic N) is 2. The van der Waals surface area contributed by atoms with Crippen molar-refractivity contribution in [3.8, 4) is 23.6 Å². The van der Waals surface area contributed by atoms with E-state index in [1.807, 2.05) is 0 Å². The number of carbonyl (C=O) groups is 2. The molecule has 0 fully saturated rings. The molecule has 1 unspecified atom stereocenters. The van der Waals surface area contributed by atoms with Crippen LogP contribution in [0.3, 0.4) is 0 Å². The fraction of sp³-hybridized carbons (Fsp3) is 0.130.